The molecule has 0 aliphatic heterocycles. The molecular formula is C13H14BrN3. The van der Waals surface area contributed by atoms with E-state index >= 15 is 0 Å². The summed E-state index contributed by atoms with van der Waals surface area (Å²) in [4.78, 5) is 8.60. The highest BCUT2D eigenvalue weighted by atomic mass is 79.9. The standard InChI is InChI=1S/C13H14BrN3/c1-7-4-9(3)10(5-8(7)2)13-16-6-11(14)12(15)17-13/h4-6H,1-3H3,(H2,15,16,17). The summed E-state index contributed by atoms with van der Waals surface area (Å²) in [7, 11) is 0. The molecule has 0 saturated carbocycles. The molecule has 0 fully saturated rings. The van der Waals surface area contributed by atoms with Crippen LogP contribution in [0.15, 0.2) is 22.8 Å². The Bertz CT molecular complexity index is 579. The number of anilines is 1. The highest BCUT2D eigenvalue weighted by Gasteiger charge is 2.08. The lowest BCUT2D eigenvalue weighted by molar-refractivity contribution is 1.15. The van der Waals surface area contributed by atoms with Gasteiger partial charge in [0.25, 0.3) is 0 Å². The van der Waals surface area contributed by atoms with Crippen molar-refractivity contribution in [3.8, 4) is 11.4 Å². The van der Waals surface area contributed by atoms with Crippen molar-refractivity contribution in [3.63, 3.8) is 0 Å². The highest BCUT2D eigenvalue weighted by Crippen LogP contribution is 2.25. The van der Waals surface area contributed by atoms with Crippen molar-refractivity contribution in [1.29, 1.82) is 0 Å². The molecule has 0 unspecified atom stereocenters. The lowest BCUT2D eigenvalue weighted by Gasteiger charge is -2.09. The normalized spacial score (nSPS) is 10.6. The Morgan fingerprint density at radius 1 is 1.06 bits per heavy atom. The summed E-state index contributed by atoms with van der Waals surface area (Å²) in [6.45, 7) is 6.24. The van der Waals surface area contributed by atoms with E-state index in [4.69, 9.17) is 5.73 Å². The Morgan fingerprint density at radius 3 is 2.35 bits per heavy atom. The maximum atomic E-state index is 5.78. The Labute approximate surface area is 109 Å². The predicted octanol–water partition coefficient (Wildman–Crippen LogP) is 3.41. The molecule has 0 aliphatic rings. The van der Waals surface area contributed by atoms with Crippen molar-refractivity contribution in [3.05, 3.63) is 39.5 Å². The van der Waals surface area contributed by atoms with Gasteiger partial charge in [0, 0.05) is 11.8 Å². The molecule has 0 spiro atoms. The summed E-state index contributed by atoms with van der Waals surface area (Å²) in [5.41, 5.74) is 10.5. The van der Waals surface area contributed by atoms with Gasteiger partial charge in [0.05, 0.1) is 4.47 Å². The van der Waals surface area contributed by atoms with Crippen LogP contribution in [0.3, 0.4) is 0 Å². The number of nitrogen functional groups attached to an aromatic ring is 1. The minimum Gasteiger partial charge on any atom is -0.383 e. The fourth-order valence-electron chi connectivity index (χ4n) is 1.71. The van der Waals surface area contributed by atoms with E-state index in [0.29, 0.717) is 11.6 Å². The van der Waals surface area contributed by atoms with Crippen molar-refractivity contribution in [2.45, 2.75) is 20.8 Å². The Balaban J connectivity index is 2.60. The summed E-state index contributed by atoms with van der Waals surface area (Å²) in [5.74, 6) is 1.14. The van der Waals surface area contributed by atoms with Crippen LogP contribution in [0.25, 0.3) is 11.4 Å². The molecule has 2 N–H and O–H groups in total. The molecule has 2 aromatic rings. The molecule has 0 radical (unpaired) electrons. The zero-order valence-corrected chi connectivity index (χ0v) is 11.7. The zero-order valence-electron chi connectivity index (χ0n) is 10.1. The number of hydrogen-bond donors (Lipinski definition) is 1. The lowest BCUT2D eigenvalue weighted by atomic mass is 10.0. The van der Waals surface area contributed by atoms with Gasteiger partial charge in [-0.05, 0) is 59.5 Å². The van der Waals surface area contributed by atoms with Crippen LogP contribution in [-0.4, -0.2) is 9.97 Å². The molecule has 1 heterocycles. The molecule has 0 atom stereocenters. The number of nitrogens with two attached hydrogens (primary N) is 1. The molecule has 0 amide bonds. The maximum Gasteiger partial charge on any atom is 0.161 e. The van der Waals surface area contributed by atoms with Gasteiger partial charge in [0.15, 0.2) is 5.82 Å². The van der Waals surface area contributed by atoms with Gasteiger partial charge in [0.1, 0.15) is 5.82 Å². The summed E-state index contributed by atoms with van der Waals surface area (Å²) < 4.78 is 0.725. The van der Waals surface area contributed by atoms with Crippen molar-refractivity contribution in [2.24, 2.45) is 0 Å². The first-order valence-electron chi connectivity index (χ1n) is 5.35. The minimum atomic E-state index is 0.465. The van der Waals surface area contributed by atoms with Gasteiger partial charge >= 0.3 is 0 Å². The van der Waals surface area contributed by atoms with Crippen LogP contribution >= 0.6 is 15.9 Å². The average Bonchev–Trinajstić information content (AvgIpc) is 2.27. The highest BCUT2D eigenvalue weighted by molar-refractivity contribution is 9.10. The van der Waals surface area contributed by atoms with Crippen LogP contribution in [0, 0.1) is 20.8 Å². The molecule has 88 valence electrons. The minimum absolute atomic E-state index is 0.465. The monoisotopic (exact) mass is 291 g/mol. The van der Waals surface area contributed by atoms with E-state index in [1.54, 1.807) is 6.20 Å². The second-order valence-corrected chi connectivity index (χ2v) is 5.03. The van der Waals surface area contributed by atoms with E-state index in [9.17, 15) is 0 Å². The second kappa shape index (κ2) is 4.45. The van der Waals surface area contributed by atoms with Crippen LogP contribution in [0.1, 0.15) is 16.7 Å². The topological polar surface area (TPSA) is 51.8 Å². The van der Waals surface area contributed by atoms with Gasteiger partial charge < -0.3 is 5.73 Å². The first kappa shape index (κ1) is 12.0. The van der Waals surface area contributed by atoms with Crippen LogP contribution in [-0.2, 0) is 0 Å². The van der Waals surface area contributed by atoms with Gasteiger partial charge in [-0.2, -0.15) is 0 Å². The number of benzene rings is 1. The Hall–Kier alpha value is -1.42. The number of rotatable bonds is 1. The third-order valence-corrected chi connectivity index (χ3v) is 3.46. The van der Waals surface area contributed by atoms with Gasteiger partial charge in [-0.3, -0.25) is 0 Å². The molecule has 3 nitrogen and oxygen atoms in total. The van der Waals surface area contributed by atoms with Crippen LogP contribution < -0.4 is 5.73 Å². The van der Waals surface area contributed by atoms with Crippen molar-refractivity contribution < 1.29 is 0 Å². The van der Waals surface area contributed by atoms with Gasteiger partial charge in [0.2, 0.25) is 0 Å². The summed E-state index contributed by atoms with van der Waals surface area (Å²) >= 11 is 3.30. The van der Waals surface area contributed by atoms with E-state index < -0.39 is 0 Å². The summed E-state index contributed by atoms with van der Waals surface area (Å²) in [5, 5.41) is 0. The molecule has 1 aromatic carbocycles. The second-order valence-electron chi connectivity index (χ2n) is 4.18. The smallest absolute Gasteiger partial charge is 0.161 e. The lowest BCUT2D eigenvalue weighted by Crippen LogP contribution is -1.98. The molecule has 1 aromatic heterocycles. The van der Waals surface area contributed by atoms with Crippen LogP contribution in [0.2, 0.25) is 0 Å². The largest absolute Gasteiger partial charge is 0.383 e. The number of halogens is 1. The van der Waals surface area contributed by atoms with E-state index in [2.05, 4.69) is 58.8 Å². The Morgan fingerprint density at radius 2 is 1.71 bits per heavy atom. The fraction of sp³-hybridized carbons (Fsp3) is 0.231. The number of nitrogens with zero attached hydrogens (tertiary/aromatic N) is 2. The summed E-state index contributed by atoms with van der Waals surface area (Å²) in [6, 6.07) is 4.25. The van der Waals surface area contributed by atoms with E-state index in [1.807, 2.05) is 0 Å². The van der Waals surface area contributed by atoms with Gasteiger partial charge in [-0.1, -0.05) is 6.07 Å². The third kappa shape index (κ3) is 2.31. The number of hydrogen-bond acceptors (Lipinski definition) is 3. The van der Waals surface area contributed by atoms with Crippen molar-refractivity contribution in [1.82, 2.24) is 9.97 Å². The molecule has 0 aliphatic carbocycles. The molecule has 0 saturated heterocycles. The molecule has 4 heteroatoms. The first-order valence-corrected chi connectivity index (χ1v) is 6.14. The average molecular weight is 292 g/mol. The third-order valence-electron chi connectivity index (χ3n) is 2.85. The predicted molar refractivity (Wildman–Crippen MR) is 73.8 cm³/mol. The summed E-state index contributed by atoms with van der Waals surface area (Å²) in [6.07, 6.45) is 1.69. The molecule has 17 heavy (non-hydrogen) atoms. The van der Waals surface area contributed by atoms with E-state index in [1.165, 1.54) is 11.1 Å². The van der Waals surface area contributed by atoms with Gasteiger partial charge in [-0.25, -0.2) is 9.97 Å². The van der Waals surface area contributed by atoms with Crippen molar-refractivity contribution >= 4 is 21.7 Å². The quantitative estimate of drug-likeness (QED) is 0.876. The number of aryl methyl sites for hydroxylation is 3. The SMILES string of the molecule is Cc1cc(C)c(-c2ncc(Br)c(N)n2)cc1C. The van der Waals surface area contributed by atoms with Crippen LogP contribution in [0.5, 0.6) is 0 Å². The zero-order chi connectivity index (χ0) is 12.6. The maximum absolute atomic E-state index is 5.78. The molecular weight excluding hydrogens is 278 g/mol. The van der Waals surface area contributed by atoms with E-state index in [0.717, 1.165) is 15.6 Å². The Kier molecular flexibility index (Phi) is 3.15. The fourth-order valence-corrected chi connectivity index (χ4v) is 1.90. The van der Waals surface area contributed by atoms with Crippen LogP contribution in [0.4, 0.5) is 5.82 Å². The van der Waals surface area contributed by atoms with Crippen molar-refractivity contribution in [2.75, 3.05) is 5.73 Å². The molecule has 2 rings (SSSR count). The molecule has 0 bridgehead atoms. The first-order chi connectivity index (χ1) is 7.99. The number of aromatic nitrogens is 2. The van der Waals surface area contributed by atoms with Gasteiger partial charge in [-0.15, -0.1) is 0 Å². The van der Waals surface area contributed by atoms with E-state index in [-0.39, 0.29) is 0 Å².